The summed E-state index contributed by atoms with van der Waals surface area (Å²) in [5.74, 6) is 1.68. The van der Waals surface area contributed by atoms with Crippen molar-refractivity contribution in [3.8, 4) is 17.2 Å². The van der Waals surface area contributed by atoms with Gasteiger partial charge in [-0.3, -0.25) is 9.48 Å². The topological polar surface area (TPSA) is 87.5 Å². The van der Waals surface area contributed by atoms with Crippen molar-refractivity contribution in [1.82, 2.24) is 20.1 Å². The smallest absolute Gasteiger partial charge is 0.258 e. The Balaban J connectivity index is 1.47. The lowest BCUT2D eigenvalue weighted by atomic mass is 10.3. The van der Waals surface area contributed by atoms with Gasteiger partial charge in [0, 0.05) is 12.1 Å². The highest BCUT2D eigenvalue weighted by Gasteiger charge is 2.13. The molecule has 0 saturated heterocycles. The number of aromatic nitrogens is 3. The number of nitrogens with zero attached hydrogens (tertiary/aromatic N) is 3. The molecule has 0 fully saturated rings. The van der Waals surface area contributed by atoms with Crippen LogP contribution in [0.15, 0.2) is 30.9 Å². The first-order valence-electron chi connectivity index (χ1n) is 7.35. The van der Waals surface area contributed by atoms with Gasteiger partial charge in [-0.05, 0) is 19.1 Å². The Morgan fingerprint density at radius 3 is 3.00 bits per heavy atom. The fourth-order valence-corrected chi connectivity index (χ4v) is 2.23. The number of hydrogen-bond acceptors (Lipinski definition) is 6. The molecule has 1 amide bonds. The number of carbonyl (C=O) groups is 1. The Kier molecular flexibility index (Phi) is 4.60. The molecule has 1 N–H and O–H groups in total. The molecule has 8 heteroatoms. The van der Waals surface area contributed by atoms with Crippen molar-refractivity contribution in [1.29, 1.82) is 0 Å². The van der Waals surface area contributed by atoms with Crippen LogP contribution in [0.1, 0.15) is 6.92 Å². The molecule has 3 rings (SSSR count). The van der Waals surface area contributed by atoms with Gasteiger partial charge in [0.1, 0.15) is 31.6 Å². The zero-order chi connectivity index (χ0) is 16.1. The van der Waals surface area contributed by atoms with Gasteiger partial charge in [0.05, 0.1) is 6.54 Å². The lowest BCUT2D eigenvalue weighted by molar-refractivity contribution is -0.123. The molecule has 1 aromatic carbocycles. The van der Waals surface area contributed by atoms with E-state index < -0.39 is 0 Å². The Morgan fingerprint density at radius 1 is 1.39 bits per heavy atom. The summed E-state index contributed by atoms with van der Waals surface area (Å²) < 4.78 is 18.1. The van der Waals surface area contributed by atoms with Gasteiger partial charge >= 0.3 is 0 Å². The van der Waals surface area contributed by atoms with Crippen LogP contribution in [0.5, 0.6) is 17.2 Å². The van der Waals surface area contributed by atoms with E-state index in [9.17, 15) is 4.79 Å². The number of fused-ring (bicyclic) bond motifs is 1. The quantitative estimate of drug-likeness (QED) is 0.841. The number of nitrogens with one attached hydrogen (secondary N) is 1. The lowest BCUT2D eigenvalue weighted by Gasteiger charge is -2.19. The first kappa shape index (κ1) is 15.1. The summed E-state index contributed by atoms with van der Waals surface area (Å²) in [4.78, 5) is 15.8. The van der Waals surface area contributed by atoms with Crippen LogP contribution in [0, 0.1) is 0 Å². The van der Waals surface area contributed by atoms with Crippen LogP contribution in [0.2, 0.25) is 0 Å². The second-order valence-electron chi connectivity index (χ2n) is 5.18. The molecular formula is C15H18N4O4. The summed E-state index contributed by atoms with van der Waals surface area (Å²) in [6.07, 6.45) is 3.06. The Hall–Kier alpha value is -2.77. The summed E-state index contributed by atoms with van der Waals surface area (Å²) >= 11 is 0. The van der Waals surface area contributed by atoms with Crippen LogP contribution in [-0.4, -0.2) is 46.5 Å². The maximum Gasteiger partial charge on any atom is 0.258 e. The van der Waals surface area contributed by atoms with E-state index in [1.54, 1.807) is 29.2 Å². The van der Waals surface area contributed by atoms with Crippen LogP contribution in [-0.2, 0) is 11.3 Å². The van der Waals surface area contributed by atoms with Crippen LogP contribution in [0.4, 0.5) is 0 Å². The molecule has 8 nitrogen and oxygen atoms in total. The van der Waals surface area contributed by atoms with Gasteiger partial charge in [-0.2, -0.15) is 5.10 Å². The number of rotatable bonds is 6. The number of ether oxygens (including phenoxy) is 3. The van der Waals surface area contributed by atoms with Gasteiger partial charge in [0.2, 0.25) is 0 Å². The zero-order valence-electron chi connectivity index (χ0n) is 12.8. The van der Waals surface area contributed by atoms with Crippen molar-refractivity contribution in [2.45, 2.75) is 19.5 Å². The van der Waals surface area contributed by atoms with Crippen molar-refractivity contribution in [2.75, 3.05) is 19.8 Å². The van der Waals surface area contributed by atoms with Gasteiger partial charge in [-0.1, -0.05) is 0 Å². The zero-order valence-corrected chi connectivity index (χ0v) is 12.8. The average molecular weight is 318 g/mol. The molecule has 2 aromatic rings. The van der Waals surface area contributed by atoms with Crippen LogP contribution in [0.25, 0.3) is 0 Å². The minimum Gasteiger partial charge on any atom is -0.486 e. The van der Waals surface area contributed by atoms with Crippen molar-refractivity contribution >= 4 is 5.91 Å². The molecule has 0 spiro atoms. The molecule has 1 aliphatic rings. The van der Waals surface area contributed by atoms with E-state index >= 15 is 0 Å². The number of benzene rings is 1. The second-order valence-corrected chi connectivity index (χ2v) is 5.18. The van der Waals surface area contributed by atoms with Crippen molar-refractivity contribution in [3.05, 3.63) is 30.9 Å². The normalized spacial score (nSPS) is 14.1. The van der Waals surface area contributed by atoms with Gasteiger partial charge in [0.15, 0.2) is 18.1 Å². The van der Waals surface area contributed by atoms with Gasteiger partial charge < -0.3 is 19.5 Å². The summed E-state index contributed by atoms with van der Waals surface area (Å²) in [6.45, 7) is 3.43. The molecule has 1 atom stereocenters. The molecule has 1 aliphatic heterocycles. The minimum absolute atomic E-state index is 0.0681. The Bertz CT molecular complexity index is 660. The van der Waals surface area contributed by atoms with Crippen LogP contribution >= 0.6 is 0 Å². The molecule has 122 valence electrons. The lowest BCUT2D eigenvalue weighted by Crippen LogP contribution is -2.38. The molecule has 0 aliphatic carbocycles. The van der Waals surface area contributed by atoms with Gasteiger partial charge in [-0.25, -0.2) is 4.98 Å². The van der Waals surface area contributed by atoms with Crippen molar-refractivity contribution < 1.29 is 19.0 Å². The fraction of sp³-hybridized carbons (Fsp3) is 0.400. The standard InChI is InChI=1S/C15H18N4O4/c1-11(7-19-10-16-9-17-19)18-15(20)8-23-12-2-3-13-14(6-12)22-5-4-21-13/h2-3,6,9-11H,4-5,7-8H2,1H3,(H,18,20). The van der Waals surface area contributed by atoms with Gasteiger partial charge in [0.25, 0.3) is 5.91 Å². The van der Waals surface area contributed by atoms with E-state index in [0.29, 0.717) is 37.0 Å². The molecule has 0 bridgehead atoms. The molecule has 2 heterocycles. The summed E-state index contributed by atoms with van der Waals surface area (Å²) in [5, 5.41) is 6.84. The molecule has 1 aromatic heterocycles. The molecule has 0 radical (unpaired) electrons. The highest BCUT2D eigenvalue weighted by molar-refractivity contribution is 5.77. The third kappa shape index (κ3) is 4.12. The Morgan fingerprint density at radius 2 is 2.22 bits per heavy atom. The molecule has 0 saturated carbocycles. The number of carbonyl (C=O) groups excluding carboxylic acids is 1. The predicted molar refractivity (Wildman–Crippen MR) is 80.6 cm³/mol. The SMILES string of the molecule is CC(Cn1cncn1)NC(=O)COc1ccc2c(c1)OCCO2. The number of hydrogen-bond donors (Lipinski definition) is 1. The monoisotopic (exact) mass is 318 g/mol. The van der Waals surface area contributed by atoms with E-state index in [1.165, 1.54) is 6.33 Å². The maximum atomic E-state index is 11.9. The van der Waals surface area contributed by atoms with E-state index in [2.05, 4.69) is 15.4 Å². The van der Waals surface area contributed by atoms with Gasteiger partial charge in [-0.15, -0.1) is 0 Å². The fourth-order valence-electron chi connectivity index (χ4n) is 2.23. The van der Waals surface area contributed by atoms with E-state index in [4.69, 9.17) is 14.2 Å². The first-order chi connectivity index (χ1) is 11.2. The highest BCUT2D eigenvalue weighted by Crippen LogP contribution is 2.33. The van der Waals surface area contributed by atoms with E-state index in [1.807, 2.05) is 6.92 Å². The molecule has 1 unspecified atom stereocenters. The first-order valence-corrected chi connectivity index (χ1v) is 7.35. The Labute approximate surface area is 133 Å². The highest BCUT2D eigenvalue weighted by atomic mass is 16.6. The third-order valence-electron chi connectivity index (χ3n) is 3.22. The summed E-state index contributed by atoms with van der Waals surface area (Å²) in [6, 6.07) is 5.17. The number of amides is 1. The minimum atomic E-state index is -0.201. The second kappa shape index (κ2) is 6.99. The van der Waals surface area contributed by atoms with E-state index in [0.717, 1.165) is 0 Å². The van der Waals surface area contributed by atoms with Crippen LogP contribution in [0.3, 0.4) is 0 Å². The predicted octanol–water partition coefficient (Wildman–Crippen LogP) is 0.633. The maximum absolute atomic E-state index is 11.9. The largest absolute Gasteiger partial charge is 0.486 e. The molecular weight excluding hydrogens is 300 g/mol. The third-order valence-corrected chi connectivity index (χ3v) is 3.22. The average Bonchev–Trinajstić information content (AvgIpc) is 3.05. The van der Waals surface area contributed by atoms with E-state index in [-0.39, 0.29) is 18.6 Å². The van der Waals surface area contributed by atoms with Crippen molar-refractivity contribution in [2.24, 2.45) is 0 Å². The van der Waals surface area contributed by atoms with Crippen molar-refractivity contribution in [3.63, 3.8) is 0 Å². The van der Waals surface area contributed by atoms with Crippen LogP contribution < -0.4 is 19.5 Å². The summed E-state index contributed by atoms with van der Waals surface area (Å²) in [5.41, 5.74) is 0. The molecule has 23 heavy (non-hydrogen) atoms. The summed E-state index contributed by atoms with van der Waals surface area (Å²) in [7, 11) is 0.